The molecule has 1 rings (SSSR count). The van der Waals surface area contributed by atoms with Crippen molar-refractivity contribution in [3.8, 4) is 24.8 Å². The first-order valence-electron chi connectivity index (χ1n) is 12.0. The van der Waals surface area contributed by atoms with Gasteiger partial charge in [0.25, 0.3) is 5.91 Å². The molecule has 0 aliphatic carbocycles. The number of ether oxygens (including phenoxy) is 1. The largest absolute Gasteiger partial charge is 0.444 e. The van der Waals surface area contributed by atoms with Gasteiger partial charge in [-0.3, -0.25) is 14.5 Å². The van der Waals surface area contributed by atoms with Crippen LogP contribution in [0.5, 0.6) is 0 Å². The van der Waals surface area contributed by atoms with Crippen LogP contribution in [0, 0.1) is 30.7 Å². The number of amides is 3. The Hall–Kier alpha value is -3.45. The monoisotopic (exact) mass is 481 g/mol. The molecular weight excluding hydrogens is 442 g/mol. The average molecular weight is 482 g/mol. The second-order valence-electron chi connectivity index (χ2n) is 10.0. The summed E-state index contributed by atoms with van der Waals surface area (Å²) in [5.41, 5.74) is 0.407. The van der Waals surface area contributed by atoms with Crippen LogP contribution in [0.15, 0.2) is 24.3 Å². The van der Waals surface area contributed by atoms with E-state index in [1.165, 1.54) is 0 Å². The summed E-state index contributed by atoms with van der Waals surface area (Å²) >= 11 is 0. The van der Waals surface area contributed by atoms with Gasteiger partial charge in [-0.25, -0.2) is 4.79 Å². The second-order valence-corrected chi connectivity index (χ2v) is 10.0. The van der Waals surface area contributed by atoms with Gasteiger partial charge in [0.05, 0.1) is 0 Å². The highest BCUT2D eigenvalue weighted by Crippen LogP contribution is 2.24. The zero-order chi connectivity index (χ0) is 26.8. The molecule has 3 unspecified atom stereocenters. The SMILES string of the molecule is C#Cc1ccc(C(C(=O)NC(C)CCC)N(C#C)C(=O)C(CC(C)C)NC(=O)OC(C)(C)C)cc1. The van der Waals surface area contributed by atoms with Gasteiger partial charge in [0.2, 0.25) is 5.91 Å². The van der Waals surface area contributed by atoms with E-state index in [1.54, 1.807) is 45.0 Å². The van der Waals surface area contributed by atoms with Gasteiger partial charge in [-0.2, -0.15) is 0 Å². The Morgan fingerprint density at radius 1 is 1.06 bits per heavy atom. The number of hydrogen-bond donors (Lipinski definition) is 2. The minimum Gasteiger partial charge on any atom is -0.444 e. The van der Waals surface area contributed by atoms with E-state index in [2.05, 4.69) is 22.6 Å². The molecule has 0 heterocycles. The first-order chi connectivity index (χ1) is 16.3. The maximum absolute atomic E-state index is 13.7. The predicted octanol–water partition coefficient (Wildman–Crippen LogP) is 4.37. The fourth-order valence-electron chi connectivity index (χ4n) is 3.58. The quantitative estimate of drug-likeness (QED) is 0.384. The van der Waals surface area contributed by atoms with Crippen molar-refractivity contribution in [1.82, 2.24) is 15.5 Å². The van der Waals surface area contributed by atoms with Gasteiger partial charge in [-0.15, -0.1) is 6.42 Å². The fraction of sp³-hybridized carbons (Fsp3) is 0.536. The van der Waals surface area contributed by atoms with Crippen LogP contribution in [0.1, 0.15) is 84.9 Å². The van der Waals surface area contributed by atoms with E-state index in [-0.39, 0.29) is 12.0 Å². The second kappa shape index (κ2) is 13.4. The third-order valence-electron chi connectivity index (χ3n) is 5.08. The summed E-state index contributed by atoms with van der Waals surface area (Å²) in [6.07, 6.45) is 12.5. The van der Waals surface area contributed by atoms with Gasteiger partial charge < -0.3 is 15.4 Å². The van der Waals surface area contributed by atoms with Gasteiger partial charge in [0.1, 0.15) is 17.7 Å². The van der Waals surface area contributed by atoms with E-state index in [0.29, 0.717) is 17.5 Å². The van der Waals surface area contributed by atoms with Crippen LogP contribution in [0.25, 0.3) is 0 Å². The number of rotatable bonds is 10. The lowest BCUT2D eigenvalue weighted by molar-refractivity contribution is -0.139. The summed E-state index contributed by atoms with van der Waals surface area (Å²) in [4.78, 5) is 40.6. The third-order valence-corrected chi connectivity index (χ3v) is 5.08. The predicted molar refractivity (Wildman–Crippen MR) is 138 cm³/mol. The van der Waals surface area contributed by atoms with E-state index < -0.39 is 35.6 Å². The van der Waals surface area contributed by atoms with Crippen molar-refractivity contribution >= 4 is 17.9 Å². The van der Waals surface area contributed by atoms with Crippen LogP contribution in [-0.2, 0) is 14.3 Å². The van der Waals surface area contributed by atoms with Crippen molar-refractivity contribution in [2.24, 2.45) is 5.92 Å². The zero-order valence-electron chi connectivity index (χ0n) is 22.0. The van der Waals surface area contributed by atoms with Crippen molar-refractivity contribution in [1.29, 1.82) is 0 Å². The maximum atomic E-state index is 13.7. The number of nitrogens with one attached hydrogen (secondary N) is 2. The van der Waals surface area contributed by atoms with Crippen LogP contribution in [0.2, 0.25) is 0 Å². The number of terminal acetylenes is 2. The molecule has 0 radical (unpaired) electrons. The molecule has 7 nitrogen and oxygen atoms in total. The van der Waals surface area contributed by atoms with Crippen LogP contribution in [0.3, 0.4) is 0 Å². The first kappa shape index (κ1) is 29.6. The number of benzene rings is 1. The third kappa shape index (κ3) is 9.74. The van der Waals surface area contributed by atoms with Gasteiger partial charge >= 0.3 is 6.09 Å². The summed E-state index contributed by atoms with van der Waals surface area (Å²) in [5, 5.41) is 5.59. The Morgan fingerprint density at radius 3 is 2.11 bits per heavy atom. The highest BCUT2D eigenvalue weighted by atomic mass is 16.6. The number of carbonyl (C=O) groups excluding carboxylic acids is 3. The molecule has 35 heavy (non-hydrogen) atoms. The molecular formula is C28H39N3O4. The van der Waals surface area contributed by atoms with E-state index in [9.17, 15) is 14.4 Å². The first-order valence-corrected chi connectivity index (χ1v) is 12.0. The zero-order valence-corrected chi connectivity index (χ0v) is 22.0. The van der Waals surface area contributed by atoms with Crippen molar-refractivity contribution in [3.63, 3.8) is 0 Å². The highest BCUT2D eigenvalue weighted by Gasteiger charge is 2.36. The minimum absolute atomic E-state index is 0.0604. The van der Waals surface area contributed by atoms with Crippen molar-refractivity contribution in [2.75, 3.05) is 0 Å². The van der Waals surface area contributed by atoms with Crippen LogP contribution >= 0.6 is 0 Å². The molecule has 0 aliphatic rings. The Morgan fingerprint density at radius 2 is 1.66 bits per heavy atom. The molecule has 0 spiro atoms. The lowest BCUT2D eigenvalue weighted by Crippen LogP contribution is -2.52. The molecule has 0 aromatic heterocycles. The molecule has 7 heteroatoms. The number of alkyl carbamates (subject to hydrolysis) is 1. The minimum atomic E-state index is -1.10. The molecule has 2 N–H and O–H groups in total. The van der Waals surface area contributed by atoms with Gasteiger partial charge in [0.15, 0.2) is 0 Å². The van der Waals surface area contributed by atoms with Crippen molar-refractivity contribution < 1.29 is 19.1 Å². The normalized spacial score (nSPS) is 13.5. The van der Waals surface area contributed by atoms with E-state index in [4.69, 9.17) is 17.6 Å². The van der Waals surface area contributed by atoms with Gasteiger partial charge in [-0.1, -0.05) is 51.7 Å². The van der Waals surface area contributed by atoms with E-state index in [0.717, 1.165) is 17.7 Å². The molecule has 1 aromatic carbocycles. The topological polar surface area (TPSA) is 87.7 Å². The smallest absolute Gasteiger partial charge is 0.408 e. The Labute approximate surface area is 210 Å². The van der Waals surface area contributed by atoms with Crippen molar-refractivity contribution in [3.05, 3.63) is 35.4 Å². The standard InChI is InChI=1S/C28H39N3O4/c1-10-13-20(6)29-25(32)24(22-16-14-21(11-2)15-17-22)31(12-3)26(33)23(18-19(4)5)30-27(34)35-28(7,8)9/h2-3,14-17,19-20,23-24H,10,13,18H2,1,4-9H3,(H,29,32)(H,30,34). The number of carbonyl (C=O) groups is 3. The molecule has 0 saturated carbocycles. The number of nitrogens with zero attached hydrogens (tertiary/aromatic N) is 1. The lowest BCUT2D eigenvalue weighted by Gasteiger charge is -2.31. The summed E-state index contributed by atoms with van der Waals surface area (Å²) in [6, 6.07) is 6.93. The molecule has 0 fully saturated rings. The molecule has 0 bridgehead atoms. The average Bonchev–Trinajstić information content (AvgIpc) is 2.75. The summed E-state index contributed by atoms with van der Waals surface area (Å²) in [5.74, 6) is 1.61. The summed E-state index contributed by atoms with van der Waals surface area (Å²) in [6.45, 7) is 13.0. The fourth-order valence-corrected chi connectivity index (χ4v) is 3.58. The molecule has 0 saturated heterocycles. The molecule has 3 amide bonds. The van der Waals surface area contributed by atoms with E-state index in [1.807, 2.05) is 27.7 Å². The molecule has 0 aliphatic heterocycles. The van der Waals surface area contributed by atoms with Crippen LogP contribution in [-0.4, -0.2) is 40.5 Å². The Balaban J connectivity index is 3.39. The Kier molecular flexibility index (Phi) is 11.4. The summed E-state index contributed by atoms with van der Waals surface area (Å²) in [7, 11) is 0. The van der Waals surface area contributed by atoms with Crippen molar-refractivity contribution in [2.45, 2.75) is 91.5 Å². The van der Waals surface area contributed by atoms with Gasteiger partial charge in [0, 0.05) is 17.6 Å². The maximum Gasteiger partial charge on any atom is 0.408 e. The van der Waals surface area contributed by atoms with E-state index >= 15 is 0 Å². The van der Waals surface area contributed by atoms with Gasteiger partial charge in [-0.05, 0) is 64.2 Å². The molecule has 1 aromatic rings. The highest BCUT2D eigenvalue weighted by molar-refractivity contribution is 5.93. The molecule has 190 valence electrons. The number of hydrogen-bond acceptors (Lipinski definition) is 4. The lowest BCUT2D eigenvalue weighted by atomic mass is 9.98. The van der Waals surface area contributed by atoms with Crippen LogP contribution < -0.4 is 10.6 Å². The summed E-state index contributed by atoms with van der Waals surface area (Å²) < 4.78 is 5.34. The molecule has 3 atom stereocenters. The van der Waals surface area contributed by atoms with Crippen LogP contribution in [0.4, 0.5) is 4.79 Å². The Bertz CT molecular complexity index is 948.